The Kier molecular flexibility index (Phi) is 3.69. The van der Waals surface area contributed by atoms with Gasteiger partial charge in [-0.05, 0) is 19.2 Å². The number of hydrogen-bond acceptors (Lipinski definition) is 3. The highest BCUT2D eigenvalue weighted by Gasteiger charge is 1.94. The lowest BCUT2D eigenvalue weighted by molar-refractivity contribution is 0.825. The highest BCUT2D eigenvalue weighted by Crippen LogP contribution is 2.25. The first kappa shape index (κ1) is 8.84. The van der Waals surface area contributed by atoms with Gasteiger partial charge in [-0.3, -0.25) is 0 Å². The number of likely N-dealkylation sites (N-methyl/N-ethyl adjacent to an activating group) is 1. The molecule has 2 nitrogen and oxygen atoms in total. The fourth-order valence-electron chi connectivity index (χ4n) is 0.720. The quantitative estimate of drug-likeness (QED) is 0.711. The van der Waals surface area contributed by atoms with Gasteiger partial charge in [-0.2, -0.15) is 0 Å². The van der Waals surface area contributed by atoms with E-state index in [1.165, 1.54) is 0 Å². The second-order valence-corrected chi connectivity index (χ2v) is 3.85. The van der Waals surface area contributed by atoms with E-state index in [-0.39, 0.29) is 0 Å². The van der Waals surface area contributed by atoms with Gasteiger partial charge in [0.15, 0.2) is 0 Å². The molecule has 0 radical (unpaired) electrons. The minimum atomic E-state index is 0.831. The number of nitrogens with one attached hydrogen (secondary N) is 2. The van der Waals surface area contributed by atoms with E-state index in [1.54, 1.807) is 11.3 Å². The van der Waals surface area contributed by atoms with Crippen LogP contribution < -0.4 is 10.6 Å². The molecule has 1 rings (SSSR count). The molecule has 0 aliphatic heterocycles. The number of anilines is 1. The molecule has 0 aliphatic rings. The second-order valence-electron chi connectivity index (χ2n) is 2.13. The van der Waals surface area contributed by atoms with Crippen molar-refractivity contribution in [2.24, 2.45) is 0 Å². The van der Waals surface area contributed by atoms with Crippen molar-refractivity contribution < 1.29 is 0 Å². The molecule has 4 heteroatoms. The molecule has 0 unspecified atom stereocenters. The maximum Gasteiger partial charge on any atom is 0.0950 e. The van der Waals surface area contributed by atoms with E-state index in [0.717, 1.165) is 22.4 Å². The summed E-state index contributed by atoms with van der Waals surface area (Å²) >= 11 is 7.30. The Balaban J connectivity index is 2.27. The van der Waals surface area contributed by atoms with E-state index in [0.29, 0.717) is 0 Å². The number of rotatable bonds is 4. The van der Waals surface area contributed by atoms with E-state index in [9.17, 15) is 0 Å². The van der Waals surface area contributed by atoms with Crippen molar-refractivity contribution in [3.05, 3.63) is 16.5 Å². The van der Waals surface area contributed by atoms with Crippen LogP contribution in [0.2, 0.25) is 4.34 Å². The lowest BCUT2D eigenvalue weighted by atomic mass is 10.6. The summed E-state index contributed by atoms with van der Waals surface area (Å²) in [5, 5.41) is 7.42. The molecule has 0 saturated carbocycles. The minimum Gasteiger partial charge on any atom is -0.376 e. The summed E-state index contributed by atoms with van der Waals surface area (Å²) in [6, 6.07) is 3.89. The zero-order valence-electron chi connectivity index (χ0n) is 6.36. The average molecular weight is 191 g/mol. The number of thiophene rings is 1. The van der Waals surface area contributed by atoms with Crippen LogP contribution in [0.3, 0.4) is 0 Å². The summed E-state index contributed by atoms with van der Waals surface area (Å²) in [6.07, 6.45) is 0. The Hall–Kier alpha value is -0.250. The van der Waals surface area contributed by atoms with Gasteiger partial charge in [0.1, 0.15) is 0 Å². The van der Waals surface area contributed by atoms with Crippen LogP contribution in [-0.2, 0) is 0 Å². The van der Waals surface area contributed by atoms with Crippen molar-refractivity contribution in [1.82, 2.24) is 5.32 Å². The van der Waals surface area contributed by atoms with Crippen LogP contribution in [0.5, 0.6) is 0 Å². The molecule has 0 aliphatic carbocycles. The van der Waals surface area contributed by atoms with Crippen molar-refractivity contribution >= 4 is 27.9 Å². The monoisotopic (exact) mass is 190 g/mol. The summed E-state index contributed by atoms with van der Waals surface area (Å²) in [6.45, 7) is 1.91. The lowest BCUT2D eigenvalue weighted by Gasteiger charge is -2.00. The van der Waals surface area contributed by atoms with E-state index in [1.807, 2.05) is 19.2 Å². The molecule has 0 bridgehead atoms. The van der Waals surface area contributed by atoms with Gasteiger partial charge >= 0.3 is 0 Å². The van der Waals surface area contributed by atoms with Crippen LogP contribution in [0.1, 0.15) is 0 Å². The van der Waals surface area contributed by atoms with E-state index in [4.69, 9.17) is 11.6 Å². The molecule has 0 spiro atoms. The van der Waals surface area contributed by atoms with Crippen molar-refractivity contribution in [2.45, 2.75) is 0 Å². The van der Waals surface area contributed by atoms with Crippen molar-refractivity contribution in [2.75, 3.05) is 25.5 Å². The van der Waals surface area contributed by atoms with Gasteiger partial charge in [-0.25, -0.2) is 0 Å². The third-order valence-electron chi connectivity index (χ3n) is 1.25. The Morgan fingerprint density at radius 2 is 2.27 bits per heavy atom. The highest BCUT2D eigenvalue weighted by molar-refractivity contribution is 7.19. The Morgan fingerprint density at radius 1 is 1.45 bits per heavy atom. The fourth-order valence-corrected chi connectivity index (χ4v) is 1.69. The molecule has 62 valence electrons. The van der Waals surface area contributed by atoms with Gasteiger partial charge in [0.05, 0.1) is 9.34 Å². The van der Waals surface area contributed by atoms with Crippen LogP contribution in [0, 0.1) is 0 Å². The second kappa shape index (κ2) is 4.59. The smallest absolute Gasteiger partial charge is 0.0950 e. The summed E-state index contributed by atoms with van der Waals surface area (Å²) in [5.41, 5.74) is 0. The molecule has 11 heavy (non-hydrogen) atoms. The van der Waals surface area contributed by atoms with Crippen LogP contribution in [0.15, 0.2) is 12.1 Å². The third-order valence-corrected chi connectivity index (χ3v) is 2.44. The van der Waals surface area contributed by atoms with Crippen LogP contribution in [0.25, 0.3) is 0 Å². The summed E-state index contributed by atoms with van der Waals surface area (Å²) < 4.78 is 0.831. The van der Waals surface area contributed by atoms with Gasteiger partial charge in [0, 0.05) is 13.1 Å². The Bertz CT molecular complexity index is 212. The molecule has 0 fully saturated rings. The number of halogens is 1. The first-order valence-corrected chi connectivity index (χ1v) is 4.66. The molecular formula is C7H11ClN2S. The lowest BCUT2D eigenvalue weighted by Crippen LogP contribution is -2.17. The normalized spacial score (nSPS) is 10.0. The molecule has 1 aromatic heterocycles. The van der Waals surface area contributed by atoms with Crippen molar-refractivity contribution in [1.29, 1.82) is 0 Å². The molecule has 0 atom stereocenters. The Labute approximate surface area is 75.6 Å². The summed E-state index contributed by atoms with van der Waals surface area (Å²) in [4.78, 5) is 0. The maximum absolute atomic E-state index is 5.74. The molecule has 1 aromatic rings. The van der Waals surface area contributed by atoms with Crippen LogP contribution >= 0.6 is 22.9 Å². The van der Waals surface area contributed by atoms with Crippen LogP contribution in [-0.4, -0.2) is 20.1 Å². The predicted octanol–water partition coefficient (Wildman–Crippen LogP) is 2.03. The molecular weight excluding hydrogens is 180 g/mol. The first-order chi connectivity index (χ1) is 5.33. The highest BCUT2D eigenvalue weighted by atomic mass is 35.5. The SMILES string of the molecule is CNCCNc1ccc(Cl)s1. The largest absolute Gasteiger partial charge is 0.376 e. The molecule has 1 heterocycles. The summed E-state index contributed by atoms with van der Waals surface area (Å²) in [5.74, 6) is 0. The van der Waals surface area contributed by atoms with Crippen molar-refractivity contribution in [3.8, 4) is 0 Å². The molecule has 0 aromatic carbocycles. The first-order valence-electron chi connectivity index (χ1n) is 3.47. The van der Waals surface area contributed by atoms with Crippen molar-refractivity contribution in [3.63, 3.8) is 0 Å². The molecule has 0 saturated heterocycles. The van der Waals surface area contributed by atoms with Gasteiger partial charge in [-0.15, -0.1) is 11.3 Å². The minimum absolute atomic E-state index is 0.831. The molecule has 2 N–H and O–H groups in total. The fraction of sp³-hybridized carbons (Fsp3) is 0.429. The zero-order chi connectivity index (χ0) is 8.10. The maximum atomic E-state index is 5.74. The molecule has 0 amide bonds. The van der Waals surface area contributed by atoms with Gasteiger partial charge in [0.2, 0.25) is 0 Å². The Morgan fingerprint density at radius 3 is 2.82 bits per heavy atom. The standard InChI is InChI=1S/C7H11ClN2S/c1-9-4-5-10-7-3-2-6(8)11-7/h2-3,9-10H,4-5H2,1H3. The predicted molar refractivity (Wildman–Crippen MR) is 51.7 cm³/mol. The van der Waals surface area contributed by atoms with Gasteiger partial charge in [-0.1, -0.05) is 11.6 Å². The van der Waals surface area contributed by atoms with E-state index >= 15 is 0 Å². The zero-order valence-corrected chi connectivity index (χ0v) is 7.93. The van der Waals surface area contributed by atoms with Crippen LogP contribution in [0.4, 0.5) is 5.00 Å². The van der Waals surface area contributed by atoms with Gasteiger partial charge in [0.25, 0.3) is 0 Å². The van der Waals surface area contributed by atoms with Gasteiger partial charge < -0.3 is 10.6 Å². The van der Waals surface area contributed by atoms with E-state index < -0.39 is 0 Å². The topological polar surface area (TPSA) is 24.1 Å². The number of hydrogen-bond donors (Lipinski definition) is 2. The third kappa shape index (κ3) is 3.10. The van der Waals surface area contributed by atoms with E-state index in [2.05, 4.69) is 10.6 Å². The summed E-state index contributed by atoms with van der Waals surface area (Å²) in [7, 11) is 1.93. The average Bonchev–Trinajstić information content (AvgIpc) is 2.37.